The fourth-order valence-corrected chi connectivity index (χ4v) is 3.81. The second kappa shape index (κ2) is 8.47. The van der Waals surface area contributed by atoms with Crippen molar-refractivity contribution in [1.82, 2.24) is 10.2 Å². The van der Waals surface area contributed by atoms with E-state index in [0.29, 0.717) is 16.9 Å². The van der Waals surface area contributed by atoms with E-state index in [9.17, 15) is 4.79 Å². The topological polar surface area (TPSA) is 56.0 Å². The van der Waals surface area contributed by atoms with Crippen molar-refractivity contribution in [2.75, 3.05) is 5.75 Å². The minimum absolute atomic E-state index is 0.0977. The molecule has 5 heteroatoms. The van der Waals surface area contributed by atoms with Crippen LogP contribution in [0.1, 0.15) is 73.2 Å². The molecule has 0 spiro atoms. The van der Waals surface area contributed by atoms with Crippen LogP contribution in [0.3, 0.4) is 0 Å². The van der Waals surface area contributed by atoms with Gasteiger partial charge in [-0.3, -0.25) is 4.79 Å². The Bertz CT molecular complexity index is 660. The molecular formula is C19H24N2O2S. The first-order chi connectivity index (χ1) is 11.8. The van der Waals surface area contributed by atoms with Gasteiger partial charge in [0, 0.05) is 11.5 Å². The van der Waals surface area contributed by atoms with Gasteiger partial charge >= 0.3 is 0 Å². The lowest BCUT2D eigenvalue weighted by Crippen LogP contribution is -2.04. The number of hydrogen-bond donors (Lipinski definition) is 0. The van der Waals surface area contributed by atoms with E-state index >= 15 is 0 Å². The summed E-state index contributed by atoms with van der Waals surface area (Å²) in [5.41, 5.74) is 2.02. The van der Waals surface area contributed by atoms with Gasteiger partial charge < -0.3 is 4.42 Å². The van der Waals surface area contributed by atoms with E-state index in [0.717, 1.165) is 37.1 Å². The second-order valence-corrected chi connectivity index (χ2v) is 7.33. The Hall–Kier alpha value is -1.62. The zero-order valence-corrected chi connectivity index (χ0v) is 15.0. The lowest BCUT2D eigenvalue weighted by molar-refractivity contribution is 0.102. The van der Waals surface area contributed by atoms with Crippen molar-refractivity contribution < 1.29 is 9.21 Å². The maximum Gasteiger partial charge on any atom is 0.277 e. The molecule has 1 aromatic heterocycles. The van der Waals surface area contributed by atoms with Gasteiger partial charge in [-0.05, 0) is 24.8 Å². The molecule has 1 fully saturated rings. The van der Waals surface area contributed by atoms with Crippen LogP contribution in [-0.2, 0) is 6.42 Å². The van der Waals surface area contributed by atoms with E-state index in [2.05, 4.69) is 17.1 Å². The molecule has 1 saturated carbocycles. The van der Waals surface area contributed by atoms with Crippen LogP contribution in [0.15, 0.2) is 33.9 Å². The zero-order chi connectivity index (χ0) is 16.8. The van der Waals surface area contributed by atoms with Gasteiger partial charge in [-0.15, -0.1) is 10.2 Å². The van der Waals surface area contributed by atoms with E-state index in [1.54, 1.807) is 0 Å². The summed E-state index contributed by atoms with van der Waals surface area (Å²) in [4.78, 5) is 12.3. The van der Waals surface area contributed by atoms with E-state index in [4.69, 9.17) is 4.42 Å². The number of carbonyl (C=O) groups excluding carboxylic acids is 1. The van der Waals surface area contributed by atoms with Crippen LogP contribution in [0.2, 0.25) is 0 Å². The Morgan fingerprint density at radius 1 is 1.17 bits per heavy atom. The maximum absolute atomic E-state index is 12.3. The van der Waals surface area contributed by atoms with E-state index < -0.39 is 0 Å². The molecule has 128 valence electrons. The van der Waals surface area contributed by atoms with Crippen LogP contribution < -0.4 is 0 Å². The quantitative estimate of drug-likeness (QED) is 0.520. The highest BCUT2D eigenvalue weighted by molar-refractivity contribution is 7.99. The van der Waals surface area contributed by atoms with E-state index in [-0.39, 0.29) is 5.78 Å². The average Bonchev–Trinajstić information content (AvgIpc) is 3.10. The molecule has 1 aliphatic rings. The molecule has 0 atom stereocenters. The van der Waals surface area contributed by atoms with Crippen molar-refractivity contribution in [2.45, 2.75) is 63.0 Å². The molecule has 0 N–H and O–H groups in total. The highest BCUT2D eigenvalue weighted by Crippen LogP contribution is 2.33. The number of nitrogens with zero attached hydrogens (tertiary/aromatic N) is 2. The summed E-state index contributed by atoms with van der Waals surface area (Å²) in [6.45, 7) is 2.15. The summed E-state index contributed by atoms with van der Waals surface area (Å²) in [6.07, 6.45) is 8.21. The second-order valence-electron chi connectivity index (χ2n) is 6.40. The lowest BCUT2D eigenvalue weighted by atomic mass is 9.89. The van der Waals surface area contributed by atoms with Crippen molar-refractivity contribution in [2.24, 2.45) is 0 Å². The van der Waals surface area contributed by atoms with Crippen LogP contribution in [0.25, 0.3) is 0 Å². The van der Waals surface area contributed by atoms with Crippen molar-refractivity contribution in [3.05, 3.63) is 41.3 Å². The Morgan fingerprint density at radius 2 is 1.92 bits per heavy atom. The number of aryl methyl sites for hydroxylation is 1. The zero-order valence-electron chi connectivity index (χ0n) is 14.2. The summed E-state index contributed by atoms with van der Waals surface area (Å²) >= 11 is 1.33. The largest absolute Gasteiger partial charge is 0.416 e. The summed E-state index contributed by atoms with van der Waals surface area (Å²) in [7, 11) is 0. The van der Waals surface area contributed by atoms with Crippen molar-refractivity contribution in [1.29, 1.82) is 0 Å². The number of Topliss-reactive ketones (excluding diaryl/α,β-unsaturated/α-hetero) is 1. The summed E-state index contributed by atoms with van der Waals surface area (Å²) in [6, 6.07) is 7.90. The SMILES string of the molecule is CCCc1ccc(C(=O)CSc2nnc(C3CCCCC3)o2)cc1. The van der Waals surface area contributed by atoms with Gasteiger partial charge in [0.1, 0.15) is 0 Å². The molecule has 2 aromatic rings. The van der Waals surface area contributed by atoms with Gasteiger partial charge in [-0.25, -0.2) is 0 Å². The molecule has 1 aromatic carbocycles. The van der Waals surface area contributed by atoms with Crippen LogP contribution in [0.4, 0.5) is 0 Å². The van der Waals surface area contributed by atoms with Crippen LogP contribution in [0, 0.1) is 0 Å². The van der Waals surface area contributed by atoms with Gasteiger partial charge in [0.05, 0.1) is 5.75 Å². The third kappa shape index (κ3) is 4.47. The smallest absolute Gasteiger partial charge is 0.277 e. The Balaban J connectivity index is 1.53. The third-order valence-electron chi connectivity index (χ3n) is 4.52. The van der Waals surface area contributed by atoms with Crippen LogP contribution in [-0.4, -0.2) is 21.7 Å². The summed E-state index contributed by atoms with van der Waals surface area (Å²) in [5.74, 6) is 1.58. The number of rotatable bonds is 7. The Morgan fingerprint density at radius 3 is 2.62 bits per heavy atom. The molecule has 0 amide bonds. The molecule has 4 nitrogen and oxygen atoms in total. The minimum Gasteiger partial charge on any atom is -0.416 e. The van der Waals surface area contributed by atoms with Crippen molar-refractivity contribution in [3.63, 3.8) is 0 Å². The molecule has 0 radical (unpaired) electrons. The number of aromatic nitrogens is 2. The first-order valence-electron chi connectivity index (χ1n) is 8.84. The lowest BCUT2D eigenvalue weighted by Gasteiger charge is -2.17. The molecule has 24 heavy (non-hydrogen) atoms. The molecule has 1 aliphatic carbocycles. The number of benzene rings is 1. The highest BCUT2D eigenvalue weighted by Gasteiger charge is 2.21. The Kier molecular flexibility index (Phi) is 6.07. The highest BCUT2D eigenvalue weighted by atomic mass is 32.2. The van der Waals surface area contributed by atoms with E-state index in [1.807, 2.05) is 24.3 Å². The van der Waals surface area contributed by atoms with Crippen LogP contribution >= 0.6 is 11.8 Å². The molecule has 3 rings (SSSR count). The first kappa shape index (κ1) is 17.2. The van der Waals surface area contributed by atoms with E-state index in [1.165, 1.54) is 36.6 Å². The van der Waals surface area contributed by atoms with Crippen molar-refractivity contribution in [3.8, 4) is 0 Å². The Labute approximate surface area is 147 Å². The molecule has 0 saturated heterocycles. The van der Waals surface area contributed by atoms with Gasteiger partial charge in [-0.2, -0.15) is 0 Å². The summed E-state index contributed by atoms with van der Waals surface area (Å²) < 4.78 is 5.75. The number of ketones is 1. The third-order valence-corrected chi connectivity index (χ3v) is 5.34. The fraction of sp³-hybridized carbons (Fsp3) is 0.526. The van der Waals surface area contributed by atoms with Gasteiger partial charge in [-0.1, -0.05) is 68.6 Å². The summed E-state index contributed by atoms with van der Waals surface area (Å²) in [5, 5.41) is 8.77. The number of hydrogen-bond acceptors (Lipinski definition) is 5. The minimum atomic E-state index is 0.0977. The predicted molar refractivity (Wildman–Crippen MR) is 95.6 cm³/mol. The molecular weight excluding hydrogens is 320 g/mol. The number of carbonyl (C=O) groups is 1. The standard InChI is InChI=1S/C19H24N2O2S/c1-2-6-14-9-11-15(12-10-14)17(22)13-24-19-21-20-18(23-19)16-7-4-3-5-8-16/h9-12,16H,2-8,13H2,1H3. The van der Waals surface area contributed by atoms with Crippen LogP contribution in [0.5, 0.6) is 0 Å². The maximum atomic E-state index is 12.3. The normalized spacial score (nSPS) is 15.5. The van der Waals surface area contributed by atoms with Gasteiger partial charge in [0.25, 0.3) is 5.22 Å². The van der Waals surface area contributed by atoms with Crippen molar-refractivity contribution >= 4 is 17.5 Å². The molecule has 1 heterocycles. The monoisotopic (exact) mass is 344 g/mol. The number of thioether (sulfide) groups is 1. The first-order valence-corrected chi connectivity index (χ1v) is 9.83. The average molecular weight is 344 g/mol. The molecule has 0 bridgehead atoms. The predicted octanol–water partition coefficient (Wildman–Crippen LogP) is 5.04. The molecule has 0 aliphatic heterocycles. The fourth-order valence-electron chi connectivity index (χ4n) is 3.15. The van der Waals surface area contributed by atoms with Gasteiger partial charge in [0.15, 0.2) is 5.78 Å². The molecule has 0 unspecified atom stereocenters. The van der Waals surface area contributed by atoms with Gasteiger partial charge in [0.2, 0.25) is 5.89 Å².